The number of ether oxygens (including phenoxy) is 1. The van der Waals surface area contributed by atoms with Crippen LogP contribution in [0, 0.1) is 25.2 Å². The fraction of sp³-hybridized carbons (Fsp3) is 0.176. The number of H-pyrrole nitrogens is 1. The first-order chi connectivity index (χ1) is 10.6. The third-order valence-electron chi connectivity index (χ3n) is 3.85. The molecule has 3 rings (SSSR count). The summed E-state index contributed by atoms with van der Waals surface area (Å²) in [5, 5.41) is 10.5. The lowest BCUT2D eigenvalue weighted by Gasteiger charge is -2.15. The van der Waals surface area contributed by atoms with Crippen molar-refractivity contribution in [3.8, 4) is 22.9 Å². The minimum absolute atomic E-state index is 0.617. The van der Waals surface area contributed by atoms with Crippen LogP contribution in [0.2, 0.25) is 0 Å². The van der Waals surface area contributed by atoms with E-state index < -0.39 is 0 Å². The number of rotatable bonds is 2. The van der Waals surface area contributed by atoms with Crippen LogP contribution in [0.3, 0.4) is 0 Å². The van der Waals surface area contributed by atoms with Gasteiger partial charge in [0.05, 0.1) is 17.3 Å². The van der Waals surface area contributed by atoms with Gasteiger partial charge in [0.2, 0.25) is 0 Å². The molecule has 0 fully saturated rings. The minimum atomic E-state index is 0.617. The van der Waals surface area contributed by atoms with Gasteiger partial charge in [-0.2, -0.15) is 5.26 Å². The summed E-state index contributed by atoms with van der Waals surface area (Å²) in [6.45, 7) is 4.03. The molecule has 0 bridgehead atoms. The van der Waals surface area contributed by atoms with E-state index in [1.807, 2.05) is 32.0 Å². The molecule has 0 amide bonds. The number of nitrogens with one attached hydrogen (secondary N) is 1. The highest BCUT2D eigenvalue weighted by Crippen LogP contribution is 2.37. The first-order valence-electron chi connectivity index (χ1n) is 6.78. The number of pyridine rings is 1. The van der Waals surface area contributed by atoms with Crippen LogP contribution in [-0.2, 0) is 0 Å². The Kier molecular flexibility index (Phi) is 3.63. The van der Waals surface area contributed by atoms with Gasteiger partial charge in [-0.05, 0) is 58.6 Å². The van der Waals surface area contributed by atoms with Gasteiger partial charge in [-0.1, -0.05) is 6.07 Å². The quantitative estimate of drug-likeness (QED) is 0.736. The summed E-state index contributed by atoms with van der Waals surface area (Å²) in [6.07, 6.45) is 1.75. The van der Waals surface area contributed by atoms with E-state index in [0.717, 1.165) is 38.0 Å². The van der Waals surface area contributed by atoms with Gasteiger partial charge in [-0.3, -0.25) is 0 Å². The van der Waals surface area contributed by atoms with E-state index in [-0.39, 0.29) is 0 Å². The first-order valence-corrected chi connectivity index (χ1v) is 7.58. The third-order valence-corrected chi connectivity index (χ3v) is 4.28. The second-order valence-corrected chi connectivity index (χ2v) is 5.98. The molecule has 22 heavy (non-hydrogen) atoms. The topological polar surface area (TPSA) is 61.7 Å². The van der Waals surface area contributed by atoms with E-state index >= 15 is 0 Å². The van der Waals surface area contributed by atoms with Gasteiger partial charge in [-0.15, -0.1) is 0 Å². The summed E-state index contributed by atoms with van der Waals surface area (Å²) in [4.78, 5) is 7.54. The van der Waals surface area contributed by atoms with Crippen molar-refractivity contribution in [2.24, 2.45) is 0 Å². The van der Waals surface area contributed by atoms with Gasteiger partial charge in [0, 0.05) is 17.1 Å². The maximum Gasteiger partial charge on any atom is 0.139 e. The predicted molar refractivity (Wildman–Crippen MR) is 90.0 cm³/mol. The Morgan fingerprint density at radius 3 is 2.77 bits per heavy atom. The molecule has 0 aliphatic carbocycles. The largest absolute Gasteiger partial charge is 0.496 e. The molecule has 0 unspecified atom stereocenters. The second kappa shape index (κ2) is 5.47. The number of hydrogen-bond acceptors (Lipinski definition) is 3. The number of halogens is 1. The lowest BCUT2D eigenvalue weighted by molar-refractivity contribution is 0.412. The smallest absolute Gasteiger partial charge is 0.139 e. The summed E-state index contributed by atoms with van der Waals surface area (Å²) in [7, 11) is 1.65. The van der Waals surface area contributed by atoms with E-state index in [9.17, 15) is 5.26 Å². The van der Waals surface area contributed by atoms with E-state index in [1.54, 1.807) is 13.3 Å². The average molecular weight is 356 g/mol. The van der Waals surface area contributed by atoms with Crippen molar-refractivity contribution in [3.05, 3.63) is 45.7 Å². The molecule has 0 aliphatic rings. The Hall–Kier alpha value is -2.32. The highest BCUT2D eigenvalue weighted by molar-refractivity contribution is 9.10. The molecule has 2 heterocycles. The number of nitrogens with zero attached hydrogens (tertiary/aromatic N) is 2. The molecular formula is C17H14BrN3O. The molecule has 1 aromatic carbocycles. The molecule has 0 aliphatic heterocycles. The second-order valence-electron chi connectivity index (χ2n) is 5.12. The number of aromatic nitrogens is 2. The van der Waals surface area contributed by atoms with Crippen molar-refractivity contribution < 1.29 is 4.74 Å². The Morgan fingerprint density at radius 1 is 1.32 bits per heavy atom. The molecule has 110 valence electrons. The lowest BCUT2D eigenvalue weighted by atomic mass is 9.92. The molecule has 0 saturated heterocycles. The summed E-state index contributed by atoms with van der Waals surface area (Å²) in [6, 6.07) is 8.15. The number of aryl methyl sites for hydroxylation is 1. The number of fused-ring (bicyclic) bond motifs is 1. The van der Waals surface area contributed by atoms with Gasteiger partial charge in [-0.25, -0.2) is 4.98 Å². The SMILES string of the molecule is COc1ccc(C)c(-c2cnc3[nH]c(Br)cc3c2C#N)c1C. The zero-order valence-electron chi connectivity index (χ0n) is 12.5. The van der Waals surface area contributed by atoms with Crippen molar-refractivity contribution >= 4 is 27.0 Å². The van der Waals surface area contributed by atoms with Gasteiger partial charge in [0.1, 0.15) is 17.5 Å². The van der Waals surface area contributed by atoms with Gasteiger partial charge in [0.25, 0.3) is 0 Å². The maximum absolute atomic E-state index is 9.66. The number of benzene rings is 1. The van der Waals surface area contributed by atoms with Crippen molar-refractivity contribution in [2.75, 3.05) is 7.11 Å². The Morgan fingerprint density at radius 2 is 2.09 bits per heavy atom. The van der Waals surface area contributed by atoms with Gasteiger partial charge >= 0.3 is 0 Å². The molecule has 0 radical (unpaired) electrons. The van der Waals surface area contributed by atoms with Crippen LogP contribution in [0.4, 0.5) is 0 Å². The Labute approximate surface area is 136 Å². The van der Waals surface area contributed by atoms with Crippen molar-refractivity contribution in [1.29, 1.82) is 5.26 Å². The van der Waals surface area contributed by atoms with Crippen LogP contribution in [0.25, 0.3) is 22.2 Å². The lowest BCUT2D eigenvalue weighted by Crippen LogP contribution is -1.96. The highest BCUT2D eigenvalue weighted by atomic mass is 79.9. The number of methoxy groups -OCH3 is 1. The van der Waals surface area contributed by atoms with Gasteiger partial charge in [0.15, 0.2) is 0 Å². The molecule has 4 nitrogen and oxygen atoms in total. The minimum Gasteiger partial charge on any atom is -0.496 e. The molecule has 2 aromatic heterocycles. The zero-order valence-corrected chi connectivity index (χ0v) is 14.1. The predicted octanol–water partition coefficient (Wildman–Crippen LogP) is 4.49. The van der Waals surface area contributed by atoms with E-state index in [2.05, 4.69) is 32.0 Å². The van der Waals surface area contributed by atoms with Gasteiger partial charge < -0.3 is 9.72 Å². The van der Waals surface area contributed by atoms with E-state index in [0.29, 0.717) is 11.2 Å². The molecule has 0 spiro atoms. The summed E-state index contributed by atoms with van der Waals surface area (Å²) in [5.74, 6) is 0.805. The summed E-state index contributed by atoms with van der Waals surface area (Å²) < 4.78 is 6.22. The number of nitriles is 1. The fourth-order valence-electron chi connectivity index (χ4n) is 2.82. The first kappa shape index (κ1) is 14.6. The van der Waals surface area contributed by atoms with Crippen LogP contribution in [0.1, 0.15) is 16.7 Å². The van der Waals surface area contributed by atoms with Crippen LogP contribution in [0.5, 0.6) is 5.75 Å². The van der Waals surface area contributed by atoms with Crippen molar-refractivity contribution in [2.45, 2.75) is 13.8 Å². The average Bonchev–Trinajstić information content (AvgIpc) is 2.87. The highest BCUT2D eigenvalue weighted by Gasteiger charge is 2.17. The van der Waals surface area contributed by atoms with E-state index in [4.69, 9.17) is 4.74 Å². The van der Waals surface area contributed by atoms with Crippen LogP contribution in [0.15, 0.2) is 29.0 Å². The molecule has 0 saturated carbocycles. The molecule has 3 aromatic rings. The molecule has 0 atom stereocenters. The molecular weight excluding hydrogens is 342 g/mol. The normalized spacial score (nSPS) is 10.7. The zero-order chi connectivity index (χ0) is 15.9. The van der Waals surface area contributed by atoms with E-state index in [1.165, 1.54) is 0 Å². The standard InChI is InChI=1S/C17H14BrN3O/c1-9-4-5-14(22-3)10(2)16(9)13-8-20-17-11(12(13)7-19)6-15(18)21-17/h4-6,8H,1-3H3,(H,20,21). The van der Waals surface area contributed by atoms with Crippen molar-refractivity contribution in [3.63, 3.8) is 0 Å². The number of aromatic amines is 1. The Bertz CT molecular complexity index is 922. The van der Waals surface area contributed by atoms with Crippen molar-refractivity contribution in [1.82, 2.24) is 9.97 Å². The third kappa shape index (κ3) is 2.16. The molecule has 5 heteroatoms. The van der Waals surface area contributed by atoms with Crippen LogP contribution >= 0.6 is 15.9 Å². The maximum atomic E-state index is 9.66. The fourth-order valence-corrected chi connectivity index (χ4v) is 3.23. The Balaban J connectivity index is 2.38. The van der Waals surface area contributed by atoms with Crippen LogP contribution < -0.4 is 4.74 Å². The molecule has 1 N–H and O–H groups in total. The summed E-state index contributed by atoms with van der Waals surface area (Å²) >= 11 is 3.40. The van der Waals surface area contributed by atoms with Crippen LogP contribution in [-0.4, -0.2) is 17.1 Å². The summed E-state index contributed by atoms with van der Waals surface area (Å²) in [5.41, 5.74) is 5.25. The number of hydrogen-bond donors (Lipinski definition) is 1. The monoisotopic (exact) mass is 355 g/mol.